The molecular formula is C11H9FN2O3. The minimum atomic E-state index is -1.29. The summed E-state index contributed by atoms with van der Waals surface area (Å²) in [5.74, 6) is -2.06. The standard InChI is InChI=1S/C11H9FN2O3/c12-10-5-7(1-2-9(10)11(15)16)13-6-8-3-4-17-14-8/h1-5,13H,6H2,(H,15,16). The van der Waals surface area contributed by atoms with Crippen LogP contribution in [0.2, 0.25) is 0 Å². The van der Waals surface area contributed by atoms with Crippen LogP contribution in [-0.2, 0) is 6.54 Å². The van der Waals surface area contributed by atoms with Gasteiger partial charge < -0.3 is 14.9 Å². The second-order valence-corrected chi connectivity index (χ2v) is 3.34. The molecule has 0 unspecified atom stereocenters. The van der Waals surface area contributed by atoms with E-state index in [9.17, 15) is 9.18 Å². The summed E-state index contributed by atoms with van der Waals surface area (Å²) in [4.78, 5) is 10.6. The number of nitrogens with one attached hydrogen (secondary N) is 1. The topological polar surface area (TPSA) is 75.4 Å². The van der Waals surface area contributed by atoms with Crippen LogP contribution in [0.25, 0.3) is 0 Å². The fourth-order valence-corrected chi connectivity index (χ4v) is 1.32. The van der Waals surface area contributed by atoms with Gasteiger partial charge in [0.25, 0.3) is 0 Å². The number of hydrogen-bond acceptors (Lipinski definition) is 4. The normalized spacial score (nSPS) is 10.2. The van der Waals surface area contributed by atoms with Crippen LogP contribution in [0.5, 0.6) is 0 Å². The van der Waals surface area contributed by atoms with Crippen LogP contribution >= 0.6 is 0 Å². The molecule has 0 amide bonds. The van der Waals surface area contributed by atoms with E-state index in [0.29, 0.717) is 17.9 Å². The van der Waals surface area contributed by atoms with Crippen molar-refractivity contribution in [2.45, 2.75) is 6.54 Å². The van der Waals surface area contributed by atoms with Gasteiger partial charge in [-0.2, -0.15) is 0 Å². The summed E-state index contributed by atoms with van der Waals surface area (Å²) in [6, 6.07) is 5.51. The minimum Gasteiger partial charge on any atom is -0.478 e. The summed E-state index contributed by atoms with van der Waals surface area (Å²) >= 11 is 0. The third-order valence-corrected chi connectivity index (χ3v) is 2.16. The molecule has 2 rings (SSSR count). The molecule has 5 nitrogen and oxygen atoms in total. The summed E-state index contributed by atoms with van der Waals surface area (Å²) in [6.45, 7) is 0.377. The van der Waals surface area contributed by atoms with Crippen molar-refractivity contribution in [1.82, 2.24) is 5.16 Å². The van der Waals surface area contributed by atoms with Gasteiger partial charge in [-0.05, 0) is 18.2 Å². The Balaban J connectivity index is 2.07. The Hall–Kier alpha value is -2.37. The highest BCUT2D eigenvalue weighted by atomic mass is 19.1. The lowest BCUT2D eigenvalue weighted by atomic mass is 10.2. The molecule has 2 aromatic rings. The molecule has 1 aromatic heterocycles. The maximum atomic E-state index is 13.3. The number of nitrogens with zero attached hydrogens (tertiary/aromatic N) is 1. The average Bonchev–Trinajstić information content (AvgIpc) is 2.78. The Kier molecular flexibility index (Phi) is 3.04. The lowest BCUT2D eigenvalue weighted by molar-refractivity contribution is 0.0692. The fraction of sp³-hybridized carbons (Fsp3) is 0.0909. The summed E-state index contributed by atoms with van der Waals surface area (Å²) in [5, 5.41) is 15.2. The van der Waals surface area contributed by atoms with E-state index in [0.717, 1.165) is 6.07 Å². The molecule has 0 saturated heterocycles. The molecule has 17 heavy (non-hydrogen) atoms. The van der Waals surface area contributed by atoms with Gasteiger partial charge in [0.1, 0.15) is 17.8 Å². The summed E-state index contributed by atoms with van der Waals surface area (Å²) < 4.78 is 17.9. The van der Waals surface area contributed by atoms with Crippen LogP contribution in [0.3, 0.4) is 0 Å². The van der Waals surface area contributed by atoms with Crippen molar-refractivity contribution in [3.63, 3.8) is 0 Å². The molecule has 0 fully saturated rings. The van der Waals surface area contributed by atoms with Crippen molar-refractivity contribution in [2.24, 2.45) is 0 Å². The van der Waals surface area contributed by atoms with Gasteiger partial charge in [-0.1, -0.05) is 5.16 Å². The van der Waals surface area contributed by atoms with E-state index in [4.69, 9.17) is 5.11 Å². The van der Waals surface area contributed by atoms with Gasteiger partial charge in [-0.25, -0.2) is 9.18 Å². The zero-order valence-corrected chi connectivity index (χ0v) is 8.68. The molecule has 0 aliphatic carbocycles. The van der Waals surface area contributed by atoms with Crippen molar-refractivity contribution in [1.29, 1.82) is 0 Å². The van der Waals surface area contributed by atoms with Gasteiger partial charge in [0.2, 0.25) is 0 Å². The Labute approximate surface area is 95.9 Å². The average molecular weight is 236 g/mol. The van der Waals surface area contributed by atoms with Gasteiger partial charge in [-0.3, -0.25) is 0 Å². The lowest BCUT2D eigenvalue weighted by Crippen LogP contribution is -2.03. The first-order valence-electron chi connectivity index (χ1n) is 4.83. The first-order chi connectivity index (χ1) is 8.16. The number of hydrogen-bond donors (Lipinski definition) is 2. The van der Waals surface area contributed by atoms with Crippen molar-refractivity contribution in [3.8, 4) is 0 Å². The van der Waals surface area contributed by atoms with Crippen LogP contribution < -0.4 is 5.32 Å². The number of aromatic nitrogens is 1. The van der Waals surface area contributed by atoms with Crippen LogP contribution in [0.15, 0.2) is 35.1 Å². The van der Waals surface area contributed by atoms with Gasteiger partial charge in [0.05, 0.1) is 12.1 Å². The van der Waals surface area contributed by atoms with E-state index >= 15 is 0 Å². The van der Waals surface area contributed by atoms with Gasteiger partial charge in [0, 0.05) is 11.8 Å². The van der Waals surface area contributed by atoms with Gasteiger partial charge >= 0.3 is 5.97 Å². The van der Waals surface area contributed by atoms with E-state index < -0.39 is 11.8 Å². The summed E-state index contributed by atoms with van der Waals surface area (Å²) in [6.07, 6.45) is 1.44. The smallest absolute Gasteiger partial charge is 0.338 e. The second-order valence-electron chi connectivity index (χ2n) is 3.34. The Morgan fingerprint density at radius 2 is 2.29 bits per heavy atom. The second kappa shape index (κ2) is 4.65. The number of carbonyl (C=O) groups is 1. The molecular weight excluding hydrogens is 227 g/mol. The van der Waals surface area contributed by atoms with Crippen LogP contribution in [0.4, 0.5) is 10.1 Å². The number of halogens is 1. The molecule has 1 heterocycles. The predicted molar refractivity (Wildman–Crippen MR) is 57.2 cm³/mol. The van der Waals surface area contributed by atoms with E-state index in [-0.39, 0.29) is 5.56 Å². The van der Waals surface area contributed by atoms with E-state index in [1.54, 1.807) is 6.07 Å². The van der Waals surface area contributed by atoms with Crippen LogP contribution in [-0.4, -0.2) is 16.2 Å². The van der Waals surface area contributed by atoms with Crippen LogP contribution in [0, 0.1) is 5.82 Å². The fourth-order valence-electron chi connectivity index (χ4n) is 1.32. The summed E-state index contributed by atoms with van der Waals surface area (Å²) in [7, 11) is 0. The number of carboxylic acid groups (broad SMARTS) is 1. The van der Waals surface area contributed by atoms with E-state index in [1.807, 2.05) is 0 Å². The molecule has 0 aliphatic heterocycles. The predicted octanol–water partition coefficient (Wildman–Crippen LogP) is 2.12. The van der Waals surface area contributed by atoms with Gasteiger partial charge in [0.15, 0.2) is 0 Å². The maximum Gasteiger partial charge on any atom is 0.338 e. The third-order valence-electron chi connectivity index (χ3n) is 2.16. The van der Waals surface area contributed by atoms with Crippen LogP contribution in [0.1, 0.15) is 16.1 Å². The Morgan fingerprint density at radius 1 is 1.47 bits per heavy atom. The quantitative estimate of drug-likeness (QED) is 0.850. The molecule has 0 bridgehead atoms. The zero-order valence-electron chi connectivity index (χ0n) is 8.68. The zero-order chi connectivity index (χ0) is 12.3. The highest BCUT2D eigenvalue weighted by Crippen LogP contribution is 2.15. The molecule has 6 heteroatoms. The lowest BCUT2D eigenvalue weighted by Gasteiger charge is -2.05. The third kappa shape index (κ3) is 2.60. The molecule has 2 N–H and O–H groups in total. The number of rotatable bonds is 4. The summed E-state index contributed by atoms with van der Waals surface area (Å²) in [5.41, 5.74) is 0.806. The highest BCUT2D eigenvalue weighted by Gasteiger charge is 2.10. The first-order valence-corrected chi connectivity index (χ1v) is 4.83. The molecule has 0 atom stereocenters. The first kappa shape index (κ1) is 11.1. The maximum absolute atomic E-state index is 13.3. The number of anilines is 1. The van der Waals surface area contributed by atoms with Gasteiger partial charge in [-0.15, -0.1) is 0 Å². The molecule has 0 aliphatic rings. The minimum absolute atomic E-state index is 0.350. The van der Waals surface area contributed by atoms with Crippen molar-refractivity contribution < 1.29 is 18.8 Å². The van der Waals surface area contributed by atoms with Crippen molar-refractivity contribution in [2.75, 3.05) is 5.32 Å². The SMILES string of the molecule is O=C(O)c1ccc(NCc2ccon2)cc1F. The molecule has 1 aromatic carbocycles. The number of carboxylic acids is 1. The monoisotopic (exact) mass is 236 g/mol. The molecule has 0 radical (unpaired) electrons. The Bertz CT molecular complexity index is 526. The largest absolute Gasteiger partial charge is 0.478 e. The molecule has 88 valence electrons. The van der Waals surface area contributed by atoms with Crippen molar-refractivity contribution in [3.05, 3.63) is 47.6 Å². The van der Waals surface area contributed by atoms with Crippen molar-refractivity contribution >= 4 is 11.7 Å². The molecule has 0 saturated carbocycles. The molecule has 0 spiro atoms. The Morgan fingerprint density at radius 3 is 2.88 bits per heavy atom. The van der Waals surface area contributed by atoms with E-state index in [2.05, 4.69) is 15.0 Å². The number of aromatic carboxylic acids is 1. The highest BCUT2D eigenvalue weighted by molar-refractivity contribution is 5.88. The van der Waals surface area contributed by atoms with E-state index in [1.165, 1.54) is 18.4 Å². The number of benzene rings is 1.